The Morgan fingerprint density at radius 1 is 1.30 bits per heavy atom. The van der Waals surface area contributed by atoms with Crippen molar-refractivity contribution < 1.29 is 4.79 Å². The van der Waals surface area contributed by atoms with E-state index < -0.39 is 0 Å². The van der Waals surface area contributed by atoms with Crippen LogP contribution in [0, 0.1) is 0 Å². The monoisotopic (exact) mass is 326 g/mol. The van der Waals surface area contributed by atoms with E-state index >= 15 is 0 Å². The lowest BCUT2D eigenvalue weighted by Crippen LogP contribution is -2.31. The van der Waals surface area contributed by atoms with E-state index in [1.54, 1.807) is 17.2 Å². The normalized spacial score (nSPS) is 16.3. The summed E-state index contributed by atoms with van der Waals surface area (Å²) in [7, 11) is 0. The van der Waals surface area contributed by atoms with Crippen LogP contribution in [0.4, 0.5) is 5.69 Å². The fourth-order valence-electron chi connectivity index (χ4n) is 2.58. The van der Waals surface area contributed by atoms with Crippen LogP contribution >= 0.6 is 12.2 Å². The van der Waals surface area contributed by atoms with E-state index in [1.165, 1.54) is 0 Å². The maximum Gasteiger partial charge on any atom is 0.281 e. The molecule has 3 rings (SSSR count). The molecule has 5 nitrogen and oxygen atoms in total. The van der Waals surface area contributed by atoms with Gasteiger partial charge in [-0.25, -0.2) is 0 Å². The standard InChI is InChI=1S/C17H18N4OS/c1-3-13-7-5-6-8-15(13)21-16(22)14(19-17(21)23)9-12-10-18-20(4-2)11-12/h5-11H,3-4H2,1-2H3,(H,19,23)/b14-9+. The van der Waals surface area contributed by atoms with Crippen LogP contribution in [0.25, 0.3) is 6.08 Å². The first-order valence-corrected chi connectivity index (χ1v) is 8.02. The van der Waals surface area contributed by atoms with Crippen molar-refractivity contribution in [3.8, 4) is 0 Å². The van der Waals surface area contributed by atoms with E-state index in [-0.39, 0.29) is 5.91 Å². The molecule has 1 aromatic heterocycles. The van der Waals surface area contributed by atoms with Crippen LogP contribution in [0.2, 0.25) is 0 Å². The van der Waals surface area contributed by atoms with Crippen molar-refractivity contribution in [1.82, 2.24) is 15.1 Å². The van der Waals surface area contributed by atoms with Crippen LogP contribution in [0.5, 0.6) is 0 Å². The molecule has 1 saturated heterocycles. The quantitative estimate of drug-likeness (QED) is 0.693. The van der Waals surface area contributed by atoms with E-state index in [0.29, 0.717) is 10.8 Å². The largest absolute Gasteiger partial charge is 0.327 e. The molecular formula is C17H18N4OS. The lowest BCUT2D eigenvalue weighted by atomic mass is 10.1. The van der Waals surface area contributed by atoms with Crippen molar-refractivity contribution in [1.29, 1.82) is 0 Å². The van der Waals surface area contributed by atoms with E-state index in [0.717, 1.165) is 29.8 Å². The average Bonchev–Trinajstić information content (AvgIpc) is 3.12. The van der Waals surface area contributed by atoms with Crippen molar-refractivity contribution in [2.75, 3.05) is 4.90 Å². The van der Waals surface area contributed by atoms with Crippen molar-refractivity contribution >= 4 is 35.0 Å². The number of hydrogen-bond donors (Lipinski definition) is 1. The van der Waals surface area contributed by atoms with Gasteiger partial charge in [0.2, 0.25) is 0 Å². The molecule has 2 heterocycles. The summed E-state index contributed by atoms with van der Waals surface area (Å²) in [6.45, 7) is 4.87. The Balaban J connectivity index is 1.93. The molecule has 0 unspecified atom stereocenters. The van der Waals surface area contributed by atoms with Gasteiger partial charge in [-0.15, -0.1) is 0 Å². The highest BCUT2D eigenvalue weighted by Crippen LogP contribution is 2.26. The van der Waals surface area contributed by atoms with Gasteiger partial charge < -0.3 is 5.32 Å². The summed E-state index contributed by atoms with van der Waals surface area (Å²) in [5.74, 6) is -0.139. The number of carbonyl (C=O) groups excluding carboxylic acids is 1. The molecule has 0 atom stereocenters. The summed E-state index contributed by atoms with van der Waals surface area (Å²) in [6, 6.07) is 7.81. The summed E-state index contributed by atoms with van der Waals surface area (Å²) in [4.78, 5) is 14.3. The van der Waals surface area contributed by atoms with E-state index in [2.05, 4.69) is 17.3 Å². The predicted molar refractivity (Wildman–Crippen MR) is 94.9 cm³/mol. The summed E-state index contributed by atoms with van der Waals surface area (Å²) < 4.78 is 1.81. The Morgan fingerprint density at radius 2 is 2.09 bits per heavy atom. The highest BCUT2D eigenvalue weighted by molar-refractivity contribution is 7.80. The molecule has 0 radical (unpaired) electrons. The lowest BCUT2D eigenvalue weighted by Gasteiger charge is -2.17. The van der Waals surface area contributed by atoms with Crippen molar-refractivity contribution in [2.45, 2.75) is 26.8 Å². The minimum absolute atomic E-state index is 0.139. The van der Waals surface area contributed by atoms with Gasteiger partial charge in [-0.2, -0.15) is 5.10 Å². The molecule has 2 aromatic rings. The molecular weight excluding hydrogens is 308 g/mol. The molecule has 0 aliphatic carbocycles. The second kappa shape index (κ2) is 6.34. The molecule has 1 aliphatic heterocycles. The molecule has 0 saturated carbocycles. The van der Waals surface area contributed by atoms with E-state index in [9.17, 15) is 4.79 Å². The molecule has 1 N–H and O–H groups in total. The third-order valence-corrected chi connectivity index (χ3v) is 4.06. The molecule has 0 spiro atoms. The number of nitrogens with one attached hydrogen (secondary N) is 1. The summed E-state index contributed by atoms with van der Waals surface area (Å²) >= 11 is 5.36. The van der Waals surface area contributed by atoms with Crippen LogP contribution in [0.3, 0.4) is 0 Å². The zero-order valence-corrected chi connectivity index (χ0v) is 13.9. The minimum Gasteiger partial charge on any atom is -0.327 e. The lowest BCUT2D eigenvalue weighted by molar-refractivity contribution is -0.113. The number of aromatic nitrogens is 2. The Kier molecular flexibility index (Phi) is 4.25. The second-order valence-corrected chi connectivity index (χ2v) is 5.63. The third kappa shape index (κ3) is 2.90. The van der Waals surface area contributed by atoms with Gasteiger partial charge in [0.05, 0.1) is 11.9 Å². The second-order valence-electron chi connectivity index (χ2n) is 5.24. The number of benzene rings is 1. The molecule has 1 amide bonds. The Hall–Kier alpha value is -2.47. The van der Waals surface area contributed by atoms with Gasteiger partial charge >= 0.3 is 0 Å². The highest BCUT2D eigenvalue weighted by Gasteiger charge is 2.32. The first kappa shape index (κ1) is 15.4. The summed E-state index contributed by atoms with van der Waals surface area (Å²) in [5, 5.41) is 7.63. The average molecular weight is 326 g/mol. The van der Waals surface area contributed by atoms with Crippen molar-refractivity contribution in [2.24, 2.45) is 0 Å². The fraction of sp³-hybridized carbons (Fsp3) is 0.235. The number of anilines is 1. The molecule has 23 heavy (non-hydrogen) atoms. The molecule has 1 fully saturated rings. The SMILES string of the molecule is CCc1ccccc1N1C(=O)/C(=C\c2cnn(CC)c2)NC1=S. The number of amides is 1. The number of carbonyl (C=O) groups is 1. The number of rotatable bonds is 4. The van der Waals surface area contributed by atoms with Gasteiger partial charge in [0.15, 0.2) is 5.11 Å². The number of thiocarbonyl (C=S) groups is 1. The topological polar surface area (TPSA) is 50.2 Å². The van der Waals surface area contributed by atoms with Crippen LogP contribution < -0.4 is 10.2 Å². The Morgan fingerprint density at radius 3 is 2.78 bits per heavy atom. The third-order valence-electron chi connectivity index (χ3n) is 3.78. The smallest absolute Gasteiger partial charge is 0.281 e. The Bertz CT molecular complexity index is 793. The van der Waals surface area contributed by atoms with E-state index in [1.807, 2.05) is 42.1 Å². The number of aryl methyl sites for hydroxylation is 2. The maximum absolute atomic E-state index is 12.7. The predicted octanol–water partition coefficient (Wildman–Crippen LogP) is 2.73. The summed E-state index contributed by atoms with van der Waals surface area (Å²) in [5.41, 5.74) is 3.27. The van der Waals surface area contributed by atoms with Crippen LogP contribution in [-0.4, -0.2) is 20.8 Å². The Labute approximate surface area is 140 Å². The zero-order valence-electron chi connectivity index (χ0n) is 13.1. The first-order valence-electron chi connectivity index (χ1n) is 7.61. The van der Waals surface area contributed by atoms with Crippen LogP contribution in [-0.2, 0) is 17.8 Å². The molecule has 0 bridgehead atoms. The summed E-state index contributed by atoms with van der Waals surface area (Å²) in [6.07, 6.45) is 6.25. The van der Waals surface area contributed by atoms with E-state index in [4.69, 9.17) is 12.2 Å². The van der Waals surface area contributed by atoms with Gasteiger partial charge in [-0.05, 0) is 43.3 Å². The van der Waals surface area contributed by atoms with Gasteiger partial charge in [0.25, 0.3) is 5.91 Å². The fourth-order valence-corrected chi connectivity index (χ4v) is 2.87. The molecule has 1 aliphatic rings. The number of hydrogen-bond acceptors (Lipinski definition) is 3. The van der Waals surface area contributed by atoms with Crippen molar-refractivity contribution in [3.05, 3.63) is 53.5 Å². The number of para-hydroxylation sites is 1. The maximum atomic E-state index is 12.7. The van der Waals surface area contributed by atoms with Crippen LogP contribution in [0.1, 0.15) is 25.0 Å². The van der Waals surface area contributed by atoms with Crippen molar-refractivity contribution in [3.63, 3.8) is 0 Å². The molecule has 118 valence electrons. The highest BCUT2D eigenvalue weighted by atomic mass is 32.1. The molecule has 1 aromatic carbocycles. The van der Waals surface area contributed by atoms with Gasteiger partial charge in [-0.3, -0.25) is 14.4 Å². The molecule has 6 heteroatoms. The minimum atomic E-state index is -0.139. The number of nitrogens with zero attached hydrogens (tertiary/aromatic N) is 3. The van der Waals surface area contributed by atoms with Gasteiger partial charge in [0, 0.05) is 18.3 Å². The van der Waals surface area contributed by atoms with Gasteiger partial charge in [0.1, 0.15) is 5.70 Å². The first-order chi connectivity index (χ1) is 11.1. The van der Waals surface area contributed by atoms with Gasteiger partial charge in [-0.1, -0.05) is 25.1 Å². The zero-order chi connectivity index (χ0) is 16.4. The van der Waals surface area contributed by atoms with Crippen LogP contribution in [0.15, 0.2) is 42.4 Å².